The number of thiophene rings is 4. The number of anilines is 1. The van der Waals surface area contributed by atoms with E-state index in [4.69, 9.17) is 31.3 Å². The van der Waals surface area contributed by atoms with E-state index >= 15 is 4.79 Å². The lowest BCUT2D eigenvalue weighted by molar-refractivity contribution is -0.114. The van der Waals surface area contributed by atoms with Gasteiger partial charge < -0.3 is 40.8 Å². The van der Waals surface area contributed by atoms with E-state index < -0.39 is 23.5 Å². The molecule has 0 aliphatic heterocycles. The zero-order valence-corrected chi connectivity index (χ0v) is 64.7. The summed E-state index contributed by atoms with van der Waals surface area (Å²) in [6.07, 6.45) is 24.4. The molecule has 5 aromatic heterocycles. The normalized spacial score (nSPS) is 12.2. The Labute approximate surface area is 597 Å². The van der Waals surface area contributed by atoms with Crippen LogP contribution in [0.5, 0.6) is 11.5 Å². The van der Waals surface area contributed by atoms with E-state index in [-0.39, 0.29) is 11.7 Å². The second kappa shape index (κ2) is 37.6. The van der Waals surface area contributed by atoms with Crippen molar-refractivity contribution >= 4 is 108 Å². The van der Waals surface area contributed by atoms with Gasteiger partial charge in [0.05, 0.1) is 6.17 Å². The van der Waals surface area contributed by atoms with Gasteiger partial charge in [0, 0.05) is 119 Å². The number of carbonyl (C=O) groups excluding carboxylic acids is 1. The number of para-hydroxylation sites is 1. The van der Waals surface area contributed by atoms with Crippen molar-refractivity contribution in [3.05, 3.63) is 148 Å². The molecule has 0 radical (unpaired) electrons. The summed E-state index contributed by atoms with van der Waals surface area (Å²) in [4.78, 5) is 27.3. The van der Waals surface area contributed by atoms with E-state index in [1.54, 1.807) is 37.6 Å². The van der Waals surface area contributed by atoms with Crippen LogP contribution in [0.25, 0.3) is 67.6 Å². The highest BCUT2D eigenvalue weighted by Crippen LogP contribution is 2.51. The highest BCUT2D eigenvalue weighted by Gasteiger charge is 2.46. The minimum atomic E-state index is -3.53. The fourth-order valence-electron chi connectivity index (χ4n) is 13.2. The van der Waals surface area contributed by atoms with Gasteiger partial charge in [-0.25, -0.2) is 0 Å². The molecule has 0 saturated carbocycles. The van der Waals surface area contributed by atoms with E-state index in [0.29, 0.717) is 25.5 Å². The molecule has 1 amide bonds. The minimum absolute atomic E-state index is 0.00545. The molecule has 0 unspecified atom stereocenters. The van der Waals surface area contributed by atoms with E-state index in [1.807, 2.05) is 115 Å². The third-order valence-electron chi connectivity index (χ3n) is 18.2. The van der Waals surface area contributed by atoms with Crippen LogP contribution in [0.15, 0.2) is 121 Å². The maximum atomic E-state index is 15.5. The molecule has 0 aliphatic carbocycles. The summed E-state index contributed by atoms with van der Waals surface area (Å²) in [7, 11) is -2.03. The molecule has 9 rings (SSSR count). The SMILES string of the molecule is CCCCCCc1cc(-c2sc(-c3sc(-c4sc(-c5ccc6c(c5)c5cc(Oc7ccccc7)ccc5n6CC)cc4CCCCCC)cc3CCCCCC)cc2CCCCCC)sc1/C=C(\C#N)C(=O)N(C[Si](OCC)(OCC)OCC)c1ccc([Si](OC)(OC)OC)cc1. The monoisotopic (exact) mass is 1420 g/mol. The molecule has 0 N–H and O–H groups in total. The average molecular weight is 1420 g/mol. The summed E-state index contributed by atoms with van der Waals surface area (Å²) in [5, 5.41) is 14.4. The molecule has 9 aromatic rings. The number of fused-ring (bicyclic) bond motifs is 3. The van der Waals surface area contributed by atoms with E-state index in [0.717, 1.165) is 104 Å². The lowest BCUT2D eigenvalue weighted by atomic mass is 10.0. The van der Waals surface area contributed by atoms with Gasteiger partial charge in [-0.15, -0.1) is 45.3 Å². The Morgan fingerprint density at radius 3 is 1.45 bits per heavy atom. The molecular formula is C80H103N3O8S4Si2. The summed E-state index contributed by atoms with van der Waals surface area (Å²) in [5.41, 5.74) is 9.70. The smallest absolute Gasteiger partial charge is 0.457 e. The Morgan fingerprint density at radius 1 is 0.505 bits per heavy atom. The van der Waals surface area contributed by atoms with Crippen LogP contribution in [0.1, 0.15) is 185 Å². The van der Waals surface area contributed by atoms with Gasteiger partial charge in [0.1, 0.15) is 23.1 Å². The molecule has 5 heterocycles. The third kappa shape index (κ3) is 18.6. The van der Waals surface area contributed by atoms with Crippen LogP contribution in [0.4, 0.5) is 5.69 Å². The first-order valence-corrected chi connectivity index (χ1v) is 42.8. The lowest BCUT2D eigenvalue weighted by Crippen LogP contribution is -2.57. The van der Waals surface area contributed by atoms with Gasteiger partial charge in [-0.1, -0.05) is 141 Å². The van der Waals surface area contributed by atoms with Gasteiger partial charge in [0.15, 0.2) is 0 Å². The summed E-state index contributed by atoms with van der Waals surface area (Å²) in [5.74, 6) is 1.20. The number of hydrogen-bond acceptors (Lipinski definition) is 13. The van der Waals surface area contributed by atoms with E-state index in [2.05, 4.69) is 106 Å². The fourth-order valence-corrected chi connectivity index (χ4v) is 22.7. The number of benzene rings is 4. The number of ether oxygens (including phenoxy) is 1. The lowest BCUT2D eigenvalue weighted by Gasteiger charge is -2.34. The molecule has 0 spiro atoms. The van der Waals surface area contributed by atoms with Crippen molar-refractivity contribution in [2.24, 2.45) is 0 Å². The van der Waals surface area contributed by atoms with Crippen LogP contribution >= 0.6 is 45.3 Å². The molecule has 0 aliphatic rings. The van der Waals surface area contributed by atoms with Crippen molar-refractivity contribution < 1.29 is 36.1 Å². The number of carbonyl (C=O) groups is 1. The molecule has 518 valence electrons. The van der Waals surface area contributed by atoms with Crippen LogP contribution in [0, 0.1) is 11.3 Å². The van der Waals surface area contributed by atoms with Crippen molar-refractivity contribution in [1.29, 1.82) is 5.26 Å². The average Bonchev–Trinajstić information content (AvgIpc) is 1.64. The molecule has 0 bridgehead atoms. The van der Waals surface area contributed by atoms with Crippen molar-refractivity contribution in [2.75, 3.05) is 52.2 Å². The van der Waals surface area contributed by atoms with Gasteiger partial charge in [-0.2, -0.15) is 5.26 Å². The third-order valence-corrected chi connectivity index (χ3v) is 29.0. The van der Waals surface area contributed by atoms with Crippen LogP contribution < -0.4 is 14.8 Å². The molecule has 97 heavy (non-hydrogen) atoms. The number of unbranched alkanes of at least 4 members (excludes halogenated alkanes) is 12. The maximum absolute atomic E-state index is 15.5. The van der Waals surface area contributed by atoms with Crippen molar-refractivity contribution in [3.63, 3.8) is 0 Å². The molecule has 0 fully saturated rings. The number of aryl methyl sites for hydroxylation is 5. The first-order chi connectivity index (χ1) is 47.4. The maximum Gasteiger partial charge on any atom is 0.536 e. The molecule has 17 heteroatoms. The number of hydrogen-bond donors (Lipinski definition) is 0. The Morgan fingerprint density at radius 2 is 0.969 bits per heavy atom. The number of amides is 1. The van der Waals surface area contributed by atoms with Crippen molar-refractivity contribution in [2.45, 2.75) is 190 Å². The van der Waals surface area contributed by atoms with E-state index in [9.17, 15) is 5.26 Å². The van der Waals surface area contributed by atoms with Crippen LogP contribution in [0.3, 0.4) is 0 Å². The quantitative estimate of drug-likeness (QED) is 0.0160. The summed E-state index contributed by atoms with van der Waals surface area (Å²) in [6, 6.07) is 43.5. The van der Waals surface area contributed by atoms with Crippen molar-refractivity contribution in [3.8, 4) is 57.3 Å². The highest BCUT2D eigenvalue weighted by molar-refractivity contribution is 7.29. The van der Waals surface area contributed by atoms with Gasteiger partial charge in [0.2, 0.25) is 0 Å². The van der Waals surface area contributed by atoms with Gasteiger partial charge in [-0.05, 0) is 192 Å². The standard InChI is InChI=1S/C80H103N3O8S4Si2/c1-12-20-24-29-35-58-50-74(92-72(58)54-63(56-81)80(84)83(57-96(88-17-6,89-18-7)90-19-8)64-42-45-67(46-43-64)97(85-9,86-10)87-11)77-61(37-31-26-22-14-3)52-76(94-77)79-62(38-32-27-23-15-4)53-75(95-79)78-60(36-30-25-21-13-2)51-73(93-78)59-41-47-70-68(49-59)69-55-66(44-48-71(69)82(70)16-5)91-65-39-33-28-34-40-65/h28,33-34,39-55H,12-27,29-32,35-38,57H2,1-11H3/b63-54+. The summed E-state index contributed by atoms with van der Waals surface area (Å²) >= 11 is 7.61. The Kier molecular flexibility index (Phi) is 29.2. The highest BCUT2D eigenvalue weighted by atomic mass is 32.1. The number of nitrogens with zero attached hydrogens (tertiary/aromatic N) is 3. The number of aromatic nitrogens is 1. The zero-order valence-electron chi connectivity index (χ0n) is 59.5. The van der Waals surface area contributed by atoms with Crippen molar-refractivity contribution in [1.82, 2.24) is 4.57 Å². The Bertz CT molecular complexity index is 4000. The Hall–Kier alpha value is -5.83. The predicted molar refractivity (Wildman–Crippen MR) is 416 cm³/mol. The van der Waals surface area contributed by atoms with Crippen LogP contribution in [-0.4, -0.2) is 75.4 Å². The minimum Gasteiger partial charge on any atom is -0.457 e. The predicted octanol–water partition coefficient (Wildman–Crippen LogP) is 22.6. The molecule has 4 aromatic carbocycles. The topological polar surface area (TPSA) is 114 Å². The largest absolute Gasteiger partial charge is 0.536 e. The van der Waals surface area contributed by atoms with Gasteiger partial charge in [-0.3, -0.25) is 4.79 Å². The molecular weight excluding hydrogens is 1320 g/mol. The first-order valence-electron chi connectivity index (χ1n) is 35.8. The van der Waals surface area contributed by atoms with Gasteiger partial charge >= 0.3 is 17.6 Å². The van der Waals surface area contributed by atoms with E-state index in [1.165, 1.54) is 136 Å². The first kappa shape index (κ1) is 75.4. The second-order valence-electron chi connectivity index (χ2n) is 25.0. The summed E-state index contributed by atoms with van der Waals surface area (Å²) in [6.45, 7) is 18.9. The second-order valence-corrected chi connectivity index (χ2v) is 34.7. The number of nitriles is 1. The fraction of sp³-hybridized carbons (Fsp3) is 0.450. The summed E-state index contributed by atoms with van der Waals surface area (Å²) < 4.78 is 45.5. The number of rotatable bonds is 42. The Balaban J connectivity index is 1.15. The molecule has 0 saturated heterocycles. The van der Waals surface area contributed by atoms with Crippen LogP contribution in [0.2, 0.25) is 0 Å². The molecule has 11 nitrogen and oxygen atoms in total. The van der Waals surface area contributed by atoms with Crippen LogP contribution in [-0.2, 0) is 63.6 Å². The molecule has 0 atom stereocenters. The zero-order chi connectivity index (χ0) is 68.7. The van der Waals surface area contributed by atoms with Gasteiger partial charge in [0.25, 0.3) is 5.91 Å².